The van der Waals surface area contributed by atoms with Gasteiger partial charge in [-0.05, 0) is 68.9 Å². The van der Waals surface area contributed by atoms with Gasteiger partial charge in [-0.2, -0.15) is 0 Å². The summed E-state index contributed by atoms with van der Waals surface area (Å²) in [6.07, 6.45) is 4.11. The first-order valence-electron chi connectivity index (χ1n) is 14.8. The highest BCUT2D eigenvalue weighted by Gasteiger charge is 2.68. The van der Waals surface area contributed by atoms with Gasteiger partial charge in [0.25, 0.3) is 5.91 Å². The van der Waals surface area contributed by atoms with Crippen LogP contribution in [0.4, 0.5) is 0 Å². The van der Waals surface area contributed by atoms with Crippen molar-refractivity contribution in [1.29, 1.82) is 0 Å². The van der Waals surface area contributed by atoms with E-state index in [9.17, 15) is 19.5 Å². The number of nitrogens with one attached hydrogen (secondary N) is 1. The molecule has 3 aliphatic carbocycles. The van der Waals surface area contributed by atoms with Crippen LogP contribution in [-0.4, -0.2) is 52.0 Å². The summed E-state index contributed by atoms with van der Waals surface area (Å²) in [5.74, 6) is -0.407. The summed E-state index contributed by atoms with van der Waals surface area (Å²) in [4.78, 5) is 39.7. The Morgan fingerprint density at radius 2 is 1.93 bits per heavy atom. The lowest BCUT2D eigenvalue weighted by Crippen LogP contribution is -2.63. The number of aliphatic hydroxyl groups excluding tert-OH is 1. The number of benzene rings is 1. The maximum atomic E-state index is 13.6. The number of ether oxygens (including phenoxy) is 1. The topological polar surface area (TPSA) is 92.7 Å². The molecule has 0 unspecified atom stereocenters. The molecule has 3 aliphatic rings. The van der Waals surface area contributed by atoms with Crippen molar-refractivity contribution in [3.8, 4) is 0 Å². The Balaban J connectivity index is 1.51. The van der Waals surface area contributed by atoms with Crippen LogP contribution in [0.25, 0.3) is 0 Å². The fourth-order valence-corrected chi connectivity index (χ4v) is 9.01. The molecule has 2 N–H and O–H groups in total. The van der Waals surface area contributed by atoms with Gasteiger partial charge in [-0.25, -0.2) is 0 Å². The number of Topliss-reactive ketones (excluding diaryl/α,β-unsaturated/α-hetero) is 1. The van der Waals surface area contributed by atoms with E-state index in [0.29, 0.717) is 30.0 Å². The van der Waals surface area contributed by atoms with Gasteiger partial charge < -0.3 is 15.2 Å². The van der Waals surface area contributed by atoms with E-state index in [0.717, 1.165) is 19.3 Å². The van der Waals surface area contributed by atoms with E-state index in [2.05, 4.69) is 32.7 Å². The number of carbonyl (C=O) groups excluding carboxylic acids is 3. The average Bonchev–Trinajstić information content (AvgIpc) is 3.29. The number of carbonyl (C=O) groups is 3. The second-order valence-corrected chi connectivity index (χ2v) is 15.9. The van der Waals surface area contributed by atoms with Crippen LogP contribution in [0.5, 0.6) is 0 Å². The first-order chi connectivity index (χ1) is 19.1. The van der Waals surface area contributed by atoms with Crippen LogP contribution in [0.15, 0.2) is 36.9 Å². The molecular weight excluding hydrogens is 558 g/mol. The molecule has 0 saturated heterocycles. The highest BCUT2D eigenvalue weighted by Crippen LogP contribution is 2.68. The van der Waals surface area contributed by atoms with Gasteiger partial charge in [0.05, 0.1) is 22.4 Å². The zero-order valence-corrected chi connectivity index (χ0v) is 26.9. The molecule has 3 saturated carbocycles. The number of esters is 1. The fraction of sp³-hybridized carbons (Fsp3) is 0.667. The number of hydrogen-bond donors (Lipinski definition) is 2. The van der Waals surface area contributed by atoms with Gasteiger partial charge in [-0.15, -0.1) is 18.3 Å². The molecule has 0 radical (unpaired) electrons. The molecule has 8 atom stereocenters. The number of ketones is 1. The molecule has 226 valence electrons. The normalized spacial score (nSPS) is 37.0. The molecule has 8 heteroatoms. The Morgan fingerprint density at radius 3 is 2.59 bits per heavy atom. The zero-order valence-electron chi connectivity index (χ0n) is 25.3. The molecule has 0 aromatic heterocycles. The van der Waals surface area contributed by atoms with Crippen LogP contribution in [0.2, 0.25) is 5.02 Å². The third-order valence-electron chi connectivity index (χ3n) is 10.9. The van der Waals surface area contributed by atoms with E-state index in [1.54, 1.807) is 24.3 Å². The van der Waals surface area contributed by atoms with Gasteiger partial charge >= 0.3 is 5.97 Å². The molecule has 1 aromatic rings. The first-order valence-corrected chi connectivity index (χ1v) is 16.2. The SMILES string of the molecule is C=C[C@]1(C)C[C@@H](OC(=O)CSC(C)(C)CNC(=O)c2ccccc2Cl)[C@]2(C)[C@H](C)CC[C@]3(CCC(=O)[C@@H]32)[C@@H](C)[C@@H]1O. The van der Waals surface area contributed by atoms with Gasteiger partial charge in [0, 0.05) is 34.5 Å². The monoisotopic (exact) mass is 603 g/mol. The lowest BCUT2D eigenvalue weighted by molar-refractivity contribution is -0.205. The standard InChI is InChI=1S/C33H46ClNO5S/c1-8-31(6)17-25(32(7)20(2)13-15-33(21(3)28(31)38)16-14-24(36)27(32)33)40-26(37)18-41-30(4,5)19-35-29(39)22-11-9-10-12-23(22)34/h8-12,20-21,25,27-28,38H,1,13-19H2,2-7H3,(H,35,39)/t20-,21+,25-,27-,28+,31-,32+,33+/m1/s1. The summed E-state index contributed by atoms with van der Waals surface area (Å²) in [6.45, 7) is 16.8. The highest BCUT2D eigenvalue weighted by atomic mass is 35.5. The van der Waals surface area contributed by atoms with Crippen molar-refractivity contribution >= 4 is 41.0 Å². The molecule has 41 heavy (non-hydrogen) atoms. The van der Waals surface area contributed by atoms with E-state index in [4.69, 9.17) is 16.3 Å². The lowest BCUT2D eigenvalue weighted by Gasteiger charge is -2.61. The van der Waals surface area contributed by atoms with Crippen molar-refractivity contribution in [3.63, 3.8) is 0 Å². The predicted octanol–water partition coefficient (Wildman–Crippen LogP) is 6.49. The fourth-order valence-electron chi connectivity index (χ4n) is 8.03. The summed E-state index contributed by atoms with van der Waals surface area (Å²) in [6, 6.07) is 6.89. The molecule has 6 nitrogen and oxygen atoms in total. The Hall–Kier alpha value is -1.83. The smallest absolute Gasteiger partial charge is 0.316 e. The zero-order chi connectivity index (χ0) is 30.4. The Kier molecular flexibility index (Phi) is 9.15. The lowest BCUT2D eigenvalue weighted by atomic mass is 9.44. The minimum Gasteiger partial charge on any atom is -0.461 e. The van der Waals surface area contributed by atoms with Crippen molar-refractivity contribution in [2.75, 3.05) is 12.3 Å². The second-order valence-electron chi connectivity index (χ2n) is 13.8. The van der Waals surface area contributed by atoms with E-state index in [1.165, 1.54) is 11.8 Å². The number of hydrogen-bond acceptors (Lipinski definition) is 6. The van der Waals surface area contributed by atoms with Crippen molar-refractivity contribution in [2.24, 2.45) is 34.0 Å². The van der Waals surface area contributed by atoms with E-state index in [1.807, 2.05) is 26.8 Å². The Labute approximate surface area is 254 Å². The van der Waals surface area contributed by atoms with E-state index in [-0.39, 0.29) is 46.6 Å². The number of rotatable bonds is 8. The van der Waals surface area contributed by atoms with Crippen molar-refractivity contribution in [1.82, 2.24) is 5.32 Å². The van der Waals surface area contributed by atoms with Crippen LogP contribution >= 0.6 is 23.4 Å². The molecule has 1 aromatic carbocycles. The Bertz CT molecular complexity index is 1200. The summed E-state index contributed by atoms with van der Waals surface area (Å²) in [7, 11) is 0. The van der Waals surface area contributed by atoms with Crippen LogP contribution in [-0.2, 0) is 14.3 Å². The van der Waals surface area contributed by atoms with Crippen LogP contribution in [0.3, 0.4) is 0 Å². The minimum atomic E-state index is -0.692. The summed E-state index contributed by atoms with van der Waals surface area (Å²) in [5.41, 5.74) is -1.10. The number of aliphatic hydroxyl groups is 1. The molecular formula is C33H46ClNO5S. The van der Waals surface area contributed by atoms with Gasteiger partial charge in [-0.3, -0.25) is 14.4 Å². The predicted molar refractivity (Wildman–Crippen MR) is 165 cm³/mol. The molecule has 0 spiro atoms. The van der Waals surface area contributed by atoms with E-state index < -0.39 is 27.8 Å². The summed E-state index contributed by atoms with van der Waals surface area (Å²) >= 11 is 7.58. The van der Waals surface area contributed by atoms with Gasteiger partial charge in [-0.1, -0.05) is 57.5 Å². The average molecular weight is 604 g/mol. The third-order valence-corrected chi connectivity index (χ3v) is 12.6. The van der Waals surface area contributed by atoms with E-state index >= 15 is 0 Å². The maximum Gasteiger partial charge on any atom is 0.316 e. The van der Waals surface area contributed by atoms with Gasteiger partial charge in [0.1, 0.15) is 11.9 Å². The highest BCUT2D eigenvalue weighted by molar-refractivity contribution is 8.01. The largest absolute Gasteiger partial charge is 0.461 e. The number of amides is 1. The second kappa shape index (κ2) is 11.7. The quantitative estimate of drug-likeness (QED) is 0.261. The minimum absolute atomic E-state index is 0.0669. The summed E-state index contributed by atoms with van der Waals surface area (Å²) < 4.78 is 5.90. The van der Waals surface area contributed by atoms with Crippen LogP contribution < -0.4 is 5.32 Å². The van der Waals surface area contributed by atoms with Gasteiger partial charge in [0.2, 0.25) is 0 Å². The molecule has 0 aliphatic heterocycles. The first kappa shape index (κ1) is 32.1. The third kappa shape index (κ3) is 5.75. The number of halogens is 1. The number of thioether (sulfide) groups is 1. The molecule has 2 bridgehead atoms. The maximum absolute atomic E-state index is 13.6. The molecule has 1 amide bonds. The Morgan fingerprint density at radius 1 is 1.24 bits per heavy atom. The molecule has 4 rings (SSSR count). The van der Waals surface area contributed by atoms with Crippen LogP contribution in [0.1, 0.15) is 84.0 Å². The van der Waals surface area contributed by atoms with Crippen molar-refractivity contribution in [2.45, 2.75) is 90.6 Å². The summed E-state index contributed by atoms with van der Waals surface area (Å²) in [5, 5.41) is 15.0. The van der Waals surface area contributed by atoms with Crippen LogP contribution in [0, 0.1) is 34.0 Å². The molecule has 3 fully saturated rings. The molecule has 0 heterocycles. The van der Waals surface area contributed by atoms with Crippen molar-refractivity contribution < 1.29 is 24.2 Å². The van der Waals surface area contributed by atoms with Crippen molar-refractivity contribution in [3.05, 3.63) is 47.5 Å². The van der Waals surface area contributed by atoms with Gasteiger partial charge in [0.15, 0.2) is 0 Å².